The number of sulfonamides is 1. The maximum atomic E-state index is 13.1. The van der Waals surface area contributed by atoms with Crippen molar-refractivity contribution in [2.45, 2.75) is 17.5 Å². The SMILES string of the molecule is O=[N+]([O-])c1ccc(S(=O)(=O)NCCCN2CCNCC2)c(C(F)(F)F)c1. The quantitative estimate of drug-likeness (QED) is 0.408. The molecule has 12 heteroatoms. The van der Waals surface area contributed by atoms with Crippen molar-refractivity contribution >= 4 is 15.7 Å². The summed E-state index contributed by atoms with van der Waals surface area (Å²) in [5.41, 5.74) is -2.38. The topological polar surface area (TPSA) is 105 Å². The van der Waals surface area contributed by atoms with Crippen LogP contribution in [0.1, 0.15) is 12.0 Å². The second kappa shape index (κ2) is 8.29. The van der Waals surface area contributed by atoms with Gasteiger partial charge in [-0.1, -0.05) is 0 Å². The van der Waals surface area contributed by atoms with Crippen molar-refractivity contribution in [3.8, 4) is 0 Å². The number of nitro groups is 1. The van der Waals surface area contributed by atoms with Crippen LogP contribution < -0.4 is 10.0 Å². The van der Waals surface area contributed by atoms with E-state index in [0.29, 0.717) is 19.0 Å². The molecular weight excluding hydrogens is 377 g/mol. The number of halogens is 3. The number of hydrogen-bond acceptors (Lipinski definition) is 6. The van der Waals surface area contributed by atoms with Gasteiger partial charge in [0.05, 0.1) is 15.4 Å². The van der Waals surface area contributed by atoms with Crippen molar-refractivity contribution in [1.82, 2.24) is 14.9 Å². The molecule has 0 radical (unpaired) electrons. The summed E-state index contributed by atoms with van der Waals surface area (Å²) < 4.78 is 66.0. The minimum Gasteiger partial charge on any atom is -0.314 e. The van der Waals surface area contributed by atoms with Crippen LogP contribution in [0.4, 0.5) is 18.9 Å². The van der Waals surface area contributed by atoms with E-state index < -0.39 is 37.3 Å². The average molecular weight is 396 g/mol. The Hall–Kier alpha value is -1.76. The van der Waals surface area contributed by atoms with E-state index in [1.807, 2.05) is 0 Å². The highest BCUT2D eigenvalue weighted by atomic mass is 32.2. The molecule has 146 valence electrons. The molecule has 1 aliphatic rings. The van der Waals surface area contributed by atoms with Crippen LogP contribution in [-0.4, -0.2) is 57.5 Å². The predicted octanol–water partition coefficient (Wildman–Crippen LogP) is 1.19. The third kappa shape index (κ3) is 5.37. The van der Waals surface area contributed by atoms with Gasteiger partial charge in [0.1, 0.15) is 0 Å². The standard InChI is InChI=1S/C14H19F3N4O4S/c15-14(16,17)12-10-11(21(22)23)2-3-13(12)26(24,25)19-4-1-7-20-8-5-18-6-9-20/h2-3,10,18-19H,1,4-9H2. The molecule has 1 aliphatic heterocycles. The maximum absolute atomic E-state index is 13.1. The van der Waals surface area contributed by atoms with E-state index in [2.05, 4.69) is 14.9 Å². The zero-order valence-electron chi connectivity index (χ0n) is 13.8. The molecule has 0 bridgehead atoms. The van der Waals surface area contributed by atoms with Crippen molar-refractivity contribution in [2.24, 2.45) is 0 Å². The van der Waals surface area contributed by atoms with Gasteiger partial charge in [-0.25, -0.2) is 13.1 Å². The summed E-state index contributed by atoms with van der Waals surface area (Å²) in [6.07, 6.45) is -4.59. The molecule has 0 amide bonds. The summed E-state index contributed by atoms with van der Waals surface area (Å²) in [4.78, 5) is 10.8. The van der Waals surface area contributed by atoms with E-state index in [1.165, 1.54) is 0 Å². The Kier molecular flexibility index (Phi) is 6.55. The highest BCUT2D eigenvalue weighted by molar-refractivity contribution is 7.89. The van der Waals surface area contributed by atoms with Crippen LogP contribution in [0.15, 0.2) is 23.1 Å². The first-order chi connectivity index (χ1) is 12.1. The van der Waals surface area contributed by atoms with Crippen molar-refractivity contribution < 1.29 is 26.5 Å². The van der Waals surface area contributed by atoms with Crippen molar-refractivity contribution in [3.05, 3.63) is 33.9 Å². The molecule has 1 aromatic carbocycles. The lowest BCUT2D eigenvalue weighted by Gasteiger charge is -2.27. The number of nitrogens with one attached hydrogen (secondary N) is 2. The third-order valence-electron chi connectivity index (χ3n) is 3.92. The Morgan fingerprint density at radius 2 is 1.92 bits per heavy atom. The number of hydrogen-bond donors (Lipinski definition) is 2. The van der Waals surface area contributed by atoms with Gasteiger partial charge in [0, 0.05) is 44.9 Å². The molecule has 0 aromatic heterocycles. The maximum Gasteiger partial charge on any atom is 0.417 e. The van der Waals surface area contributed by atoms with Crippen LogP contribution in [0.5, 0.6) is 0 Å². The lowest BCUT2D eigenvalue weighted by Crippen LogP contribution is -2.44. The van der Waals surface area contributed by atoms with Crippen LogP contribution in [0.25, 0.3) is 0 Å². The zero-order valence-corrected chi connectivity index (χ0v) is 14.6. The number of rotatable bonds is 7. The fourth-order valence-electron chi connectivity index (χ4n) is 2.61. The molecule has 0 atom stereocenters. The summed E-state index contributed by atoms with van der Waals surface area (Å²) >= 11 is 0. The molecule has 1 aromatic rings. The Bertz CT molecular complexity index is 749. The molecule has 0 saturated carbocycles. The van der Waals surface area contributed by atoms with Gasteiger partial charge in [-0.3, -0.25) is 10.1 Å². The van der Waals surface area contributed by atoms with E-state index >= 15 is 0 Å². The predicted molar refractivity (Wildman–Crippen MR) is 87.2 cm³/mol. The molecule has 2 rings (SSSR count). The van der Waals surface area contributed by atoms with Gasteiger partial charge >= 0.3 is 6.18 Å². The monoisotopic (exact) mass is 396 g/mol. The van der Waals surface area contributed by atoms with Crippen LogP contribution >= 0.6 is 0 Å². The highest BCUT2D eigenvalue weighted by Gasteiger charge is 2.38. The number of piperazine rings is 1. The number of nitrogens with zero attached hydrogens (tertiary/aromatic N) is 2. The molecule has 2 N–H and O–H groups in total. The van der Waals surface area contributed by atoms with E-state index in [-0.39, 0.29) is 12.6 Å². The summed E-state index contributed by atoms with van der Waals surface area (Å²) in [6.45, 7) is 3.92. The van der Waals surface area contributed by atoms with Gasteiger partial charge in [-0.05, 0) is 19.0 Å². The van der Waals surface area contributed by atoms with Crippen molar-refractivity contribution in [3.63, 3.8) is 0 Å². The minimum atomic E-state index is -5.03. The van der Waals surface area contributed by atoms with E-state index in [1.54, 1.807) is 0 Å². The number of benzene rings is 1. The molecule has 8 nitrogen and oxygen atoms in total. The Morgan fingerprint density at radius 1 is 1.27 bits per heavy atom. The second-order valence-electron chi connectivity index (χ2n) is 5.78. The fourth-order valence-corrected chi connectivity index (χ4v) is 3.89. The smallest absolute Gasteiger partial charge is 0.314 e. The summed E-state index contributed by atoms with van der Waals surface area (Å²) in [5.74, 6) is 0. The van der Waals surface area contributed by atoms with Gasteiger partial charge in [-0.2, -0.15) is 13.2 Å². The zero-order chi connectivity index (χ0) is 19.4. The van der Waals surface area contributed by atoms with Crippen LogP contribution in [0.3, 0.4) is 0 Å². The first-order valence-electron chi connectivity index (χ1n) is 7.89. The largest absolute Gasteiger partial charge is 0.417 e. The number of nitro benzene ring substituents is 1. The lowest BCUT2D eigenvalue weighted by molar-refractivity contribution is -0.385. The average Bonchev–Trinajstić information content (AvgIpc) is 2.58. The van der Waals surface area contributed by atoms with Gasteiger partial charge < -0.3 is 10.2 Å². The van der Waals surface area contributed by atoms with Gasteiger partial charge in [0.25, 0.3) is 5.69 Å². The van der Waals surface area contributed by atoms with E-state index in [4.69, 9.17) is 0 Å². The number of non-ortho nitro benzene ring substituents is 1. The molecule has 1 saturated heterocycles. The highest BCUT2D eigenvalue weighted by Crippen LogP contribution is 2.36. The van der Waals surface area contributed by atoms with Crippen LogP contribution in [-0.2, 0) is 16.2 Å². The Balaban J connectivity index is 2.08. The molecule has 26 heavy (non-hydrogen) atoms. The first-order valence-corrected chi connectivity index (χ1v) is 9.38. The van der Waals surface area contributed by atoms with Crippen molar-refractivity contribution in [2.75, 3.05) is 39.3 Å². The van der Waals surface area contributed by atoms with Gasteiger partial charge in [0.15, 0.2) is 0 Å². The molecule has 1 heterocycles. The van der Waals surface area contributed by atoms with E-state index in [9.17, 15) is 31.7 Å². The first kappa shape index (κ1) is 20.6. The second-order valence-corrected chi connectivity index (χ2v) is 7.51. The van der Waals surface area contributed by atoms with Gasteiger partial charge in [0.2, 0.25) is 10.0 Å². The summed E-state index contributed by atoms with van der Waals surface area (Å²) in [7, 11) is -4.44. The molecule has 0 spiro atoms. The number of alkyl halides is 3. The molecule has 1 fully saturated rings. The van der Waals surface area contributed by atoms with Gasteiger partial charge in [-0.15, -0.1) is 0 Å². The molecule has 0 aliphatic carbocycles. The van der Waals surface area contributed by atoms with Crippen LogP contribution in [0.2, 0.25) is 0 Å². The fraction of sp³-hybridized carbons (Fsp3) is 0.571. The molecule has 0 unspecified atom stereocenters. The lowest BCUT2D eigenvalue weighted by atomic mass is 10.2. The normalized spacial score (nSPS) is 16.6. The summed E-state index contributed by atoms with van der Waals surface area (Å²) in [5, 5.41) is 13.8. The third-order valence-corrected chi connectivity index (χ3v) is 5.44. The van der Waals surface area contributed by atoms with Crippen LogP contribution in [0, 0.1) is 10.1 Å². The summed E-state index contributed by atoms with van der Waals surface area (Å²) in [6, 6.07) is 1.58. The Labute approximate surface area is 148 Å². The minimum absolute atomic E-state index is 0.0272. The molecular formula is C14H19F3N4O4S. The Morgan fingerprint density at radius 3 is 2.50 bits per heavy atom. The van der Waals surface area contributed by atoms with Crippen molar-refractivity contribution in [1.29, 1.82) is 0 Å². The van der Waals surface area contributed by atoms with E-state index in [0.717, 1.165) is 32.2 Å².